The van der Waals surface area contributed by atoms with Crippen molar-refractivity contribution in [2.45, 2.75) is 6.61 Å². The number of hydrogen-bond acceptors (Lipinski definition) is 6. The van der Waals surface area contributed by atoms with Gasteiger partial charge in [-0.1, -0.05) is 66.7 Å². The zero-order chi connectivity index (χ0) is 19.9. The average molecular weight is 401 g/mol. The van der Waals surface area contributed by atoms with Gasteiger partial charge in [-0.3, -0.25) is 5.43 Å². The first-order chi connectivity index (χ1) is 14.3. The molecule has 1 aromatic heterocycles. The minimum absolute atomic E-state index is 0.486. The lowest BCUT2D eigenvalue weighted by atomic mass is 10.0. The molecule has 0 bridgehead atoms. The zero-order valence-electron chi connectivity index (χ0n) is 15.7. The van der Waals surface area contributed by atoms with Gasteiger partial charge in [-0.15, -0.1) is 11.3 Å². The molecule has 0 saturated carbocycles. The Labute approximate surface area is 173 Å². The second-order valence-corrected chi connectivity index (χ2v) is 7.19. The zero-order valence-corrected chi connectivity index (χ0v) is 16.5. The Kier molecular flexibility index (Phi) is 5.83. The predicted molar refractivity (Wildman–Crippen MR) is 120 cm³/mol. The first-order valence-corrected chi connectivity index (χ1v) is 10.0. The van der Waals surface area contributed by atoms with Crippen molar-refractivity contribution >= 4 is 28.5 Å². The van der Waals surface area contributed by atoms with Gasteiger partial charge >= 0.3 is 0 Å². The Morgan fingerprint density at radius 1 is 1.00 bits per heavy atom. The molecular weight excluding hydrogens is 380 g/mol. The number of ether oxygens (including phenoxy) is 1. The van der Waals surface area contributed by atoms with Crippen LogP contribution in [0.15, 0.2) is 89.3 Å². The maximum Gasteiger partial charge on any atom is 0.205 e. The third kappa shape index (κ3) is 5.00. The molecule has 0 radical (unpaired) electrons. The van der Waals surface area contributed by atoms with Crippen molar-refractivity contribution in [3.05, 3.63) is 95.4 Å². The first kappa shape index (κ1) is 18.7. The van der Waals surface area contributed by atoms with Crippen LogP contribution < -0.4 is 15.9 Å². The van der Waals surface area contributed by atoms with Crippen molar-refractivity contribution in [2.24, 2.45) is 5.10 Å². The standard InChI is InChI=1S/C23H20N4OS/c24-22-16-29-23(26-22)27-25-14-19-9-4-5-12-21(19)18-10-6-11-20(13-18)28-15-17-7-2-1-3-8-17/h1-14,16H,15,24H2,(H,26,27). The van der Waals surface area contributed by atoms with E-state index in [-0.39, 0.29) is 0 Å². The van der Waals surface area contributed by atoms with Gasteiger partial charge in [0.1, 0.15) is 18.2 Å². The van der Waals surface area contributed by atoms with E-state index in [1.54, 1.807) is 11.6 Å². The van der Waals surface area contributed by atoms with Crippen molar-refractivity contribution in [1.82, 2.24) is 4.98 Å². The van der Waals surface area contributed by atoms with E-state index >= 15 is 0 Å². The molecule has 3 aromatic carbocycles. The van der Waals surface area contributed by atoms with Crippen LogP contribution in [-0.4, -0.2) is 11.2 Å². The highest BCUT2D eigenvalue weighted by Gasteiger charge is 2.05. The lowest BCUT2D eigenvalue weighted by molar-refractivity contribution is 0.306. The van der Waals surface area contributed by atoms with Crippen LogP contribution in [0.5, 0.6) is 5.75 Å². The largest absolute Gasteiger partial charge is 0.489 e. The third-order valence-corrected chi connectivity index (χ3v) is 5.01. The summed E-state index contributed by atoms with van der Waals surface area (Å²) < 4.78 is 5.97. The molecule has 4 rings (SSSR count). The first-order valence-electron chi connectivity index (χ1n) is 9.14. The van der Waals surface area contributed by atoms with E-state index in [1.807, 2.05) is 54.6 Å². The third-order valence-electron chi connectivity index (χ3n) is 4.24. The fraction of sp³-hybridized carbons (Fsp3) is 0.0435. The number of rotatable bonds is 7. The van der Waals surface area contributed by atoms with Crippen LogP contribution in [0.2, 0.25) is 0 Å². The quantitative estimate of drug-likeness (QED) is 0.321. The van der Waals surface area contributed by atoms with Crippen LogP contribution in [0.3, 0.4) is 0 Å². The summed E-state index contributed by atoms with van der Waals surface area (Å²) in [7, 11) is 0. The van der Waals surface area contributed by atoms with E-state index in [4.69, 9.17) is 10.5 Å². The summed E-state index contributed by atoms with van der Waals surface area (Å²) in [6.07, 6.45) is 1.78. The highest BCUT2D eigenvalue weighted by Crippen LogP contribution is 2.27. The van der Waals surface area contributed by atoms with Crippen LogP contribution in [0.25, 0.3) is 11.1 Å². The second kappa shape index (κ2) is 9.03. The molecule has 3 N–H and O–H groups in total. The van der Waals surface area contributed by atoms with E-state index in [1.165, 1.54) is 11.3 Å². The molecule has 0 fully saturated rings. The monoisotopic (exact) mass is 400 g/mol. The van der Waals surface area contributed by atoms with Crippen molar-refractivity contribution in [1.29, 1.82) is 0 Å². The smallest absolute Gasteiger partial charge is 0.205 e. The summed E-state index contributed by atoms with van der Waals surface area (Å²) in [6.45, 7) is 0.536. The Morgan fingerprint density at radius 3 is 2.66 bits per heavy atom. The summed E-state index contributed by atoms with van der Waals surface area (Å²) in [4.78, 5) is 4.13. The van der Waals surface area contributed by atoms with Gasteiger partial charge in [-0.25, -0.2) is 4.98 Å². The maximum atomic E-state index is 5.97. The lowest BCUT2D eigenvalue weighted by Gasteiger charge is -2.10. The maximum absolute atomic E-state index is 5.97. The van der Waals surface area contributed by atoms with Gasteiger partial charge in [-0.2, -0.15) is 5.10 Å². The fourth-order valence-electron chi connectivity index (χ4n) is 2.86. The topological polar surface area (TPSA) is 72.5 Å². The van der Waals surface area contributed by atoms with E-state index in [9.17, 15) is 0 Å². The summed E-state index contributed by atoms with van der Waals surface area (Å²) in [6, 6.07) is 26.3. The van der Waals surface area contributed by atoms with Crippen LogP contribution in [0.1, 0.15) is 11.1 Å². The number of nitrogens with two attached hydrogens (primary N) is 1. The number of benzene rings is 3. The fourth-order valence-corrected chi connectivity index (χ4v) is 3.41. The van der Waals surface area contributed by atoms with Crippen LogP contribution in [0, 0.1) is 0 Å². The minimum Gasteiger partial charge on any atom is -0.489 e. The molecule has 6 heteroatoms. The molecule has 0 aliphatic carbocycles. The van der Waals surface area contributed by atoms with Gasteiger partial charge in [0.25, 0.3) is 0 Å². The molecule has 0 aliphatic rings. The number of nitrogens with one attached hydrogen (secondary N) is 1. The number of hydrogen-bond donors (Lipinski definition) is 2. The van der Waals surface area contributed by atoms with Gasteiger partial charge < -0.3 is 10.5 Å². The highest BCUT2D eigenvalue weighted by atomic mass is 32.1. The van der Waals surface area contributed by atoms with E-state index < -0.39 is 0 Å². The van der Waals surface area contributed by atoms with Gasteiger partial charge in [0.05, 0.1) is 6.21 Å². The van der Waals surface area contributed by atoms with Gasteiger partial charge in [0, 0.05) is 10.9 Å². The lowest BCUT2D eigenvalue weighted by Crippen LogP contribution is -1.96. The average Bonchev–Trinajstić information content (AvgIpc) is 3.18. The van der Waals surface area contributed by atoms with Gasteiger partial charge in [0.2, 0.25) is 5.13 Å². The van der Waals surface area contributed by atoms with Crippen LogP contribution >= 0.6 is 11.3 Å². The molecule has 29 heavy (non-hydrogen) atoms. The van der Waals surface area contributed by atoms with Crippen molar-refractivity contribution in [2.75, 3.05) is 11.2 Å². The molecule has 0 atom stereocenters. The van der Waals surface area contributed by atoms with E-state index in [2.05, 4.69) is 39.8 Å². The van der Waals surface area contributed by atoms with Crippen LogP contribution in [-0.2, 0) is 6.61 Å². The predicted octanol–water partition coefficient (Wildman–Crippen LogP) is 5.42. The number of aromatic nitrogens is 1. The highest BCUT2D eigenvalue weighted by molar-refractivity contribution is 7.14. The number of anilines is 2. The van der Waals surface area contributed by atoms with Crippen molar-refractivity contribution in [3.8, 4) is 16.9 Å². The molecular formula is C23H20N4OS. The molecule has 144 valence electrons. The second-order valence-electron chi connectivity index (χ2n) is 6.34. The number of thiazole rings is 1. The van der Waals surface area contributed by atoms with Gasteiger partial charge in [-0.05, 0) is 28.8 Å². The number of hydrazone groups is 1. The van der Waals surface area contributed by atoms with Crippen molar-refractivity contribution in [3.63, 3.8) is 0 Å². The van der Waals surface area contributed by atoms with Crippen molar-refractivity contribution < 1.29 is 4.74 Å². The normalized spacial score (nSPS) is 10.9. The molecule has 0 unspecified atom stereocenters. The SMILES string of the molecule is Nc1csc(NN=Cc2ccccc2-c2cccc(OCc3ccccc3)c2)n1. The minimum atomic E-state index is 0.486. The Bertz CT molecular complexity index is 1110. The molecule has 0 spiro atoms. The van der Waals surface area contributed by atoms with E-state index in [0.717, 1.165) is 28.0 Å². The molecule has 0 saturated heterocycles. The number of nitrogens with zero attached hydrogens (tertiary/aromatic N) is 2. The molecule has 5 nitrogen and oxygen atoms in total. The van der Waals surface area contributed by atoms with E-state index in [0.29, 0.717) is 17.6 Å². The molecule has 0 aliphatic heterocycles. The number of nitrogen functional groups attached to an aromatic ring is 1. The Balaban J connectivity index is 1.51. The molecule has 0 amide bonds. The van der Waals surface area contributed by atoms with Crippen LogP contribution in [0.4, 0.5) is 10.9 Å². The Hall–Kier alpha value is -3.64. The summed E-state index contributed by atoms with van der Waals surface area (Å²) in [5, 5.41) is 6.73. The summed E-state index contributed by atoms with van der Waals surface area (Å²) in [5.74, 6) is 1.31. The molecule has 4 aromatic rings. The summed E-state index contributed by atoms with van der Waals surface area (Å²) in [5.41, 5.74) is 12.8. The Morgan fingerprint density at radius 2 is 1.83 bits per heavy atom. The summed E-state index contributed by atoms with van der Waals surface area (Å²) >= 11 is 1.41. The van der Waals surface area contributed by atoms with Gasteiger partial charge in [0.15, 0.2) is 0 Å². The molecule has 1 heterocycles.